The summed E-state index contributed by atoms with van der Waals surface area (Å²) in [6.07, 6.45) is 1.04. The Morgan fingerprint density at radius 3 is 2.89 bits per heavy atom. The third-order valence-electron chi connectivity index (χ3n) is 2.89. The van der Waals surface area contributed by atoms with Gasteiger partial charge in [-0.25, -0.2) is 0 Å². The lowest BCUT2D eigenvalue weighted by Gasteiger charge is -2.07. The van der Waals surface area contributed by atoms with Crippen LogP contribution in [0, 0.1) is 11.3 Å². The average Bonchev–Trinajstić information content (AvgIpc) is 2.96. The van der Waals surface area contributed by atoms with Gasteiger partial charge in [0.25, 0.3) is 0 Å². The van der Waals surface area contributed by atoms with Gasteiger partial charge in [-0.15, -0.1) is 0 Å². The van der Waals surface area contributed by atoms with E-state index in [4.69, 9.17) is 10.00 Å². The first-order valence-corrected chi connectivity index (χ1v) is 7.06. The second-order valence-electron chi connectivity index (χ2n) is 4.20. The third kappa shape index (κ3) is 3.82. The van der Waals surface area contributed by atoms with E-state index in [1.54, 1.807) is 24.5 Å². The molecule has 98 valence electrons. The van der Waals surface area contributed by atoms with Gasteiger partial charge in [0, 0.05) is 6.54 Å². The Balaban J connectivity index is 1.84. The summed E-state index contributed by atoms with van der Waals surface area (Å²) in [5.41, 5.74) is 3.07. The Labute approximate surface area is 117 Å². The number of nitriles is 1. The maximum atomic E-state index is 8.92. The molecule has 0 bridgehead atoms. The van der Waals surface area contributed by atoms with Crippen LogP contribution in [0.5, 0.6) is 5.75 Å². The molecule has 0 aliphatic carbocycles. The molecule has 1 N–H and O–H groups in total. The zero-order chi connectivity index (χ0) is 13.5. The second-order valence-corrected chi connectivity index (χ2v) is 4.98. The largest absolute Gasteiger partial charge is 0.495 e. The molecular formula is C15H16N2OS. The molecule has 0 fully saturated rings. The number of nitrogens with zero attached hydrogens (tertiary/aromatic N) is 1. The van der Waals surface area contributed by atoms with Crippen LogP contribution in [0.25, 0.3) is 0 Å². The quantitative estimate of drug-likeness (QED) is 0.822. The van der Waals surface area contributed by atoms with E-state index in [0.717, 1.165) is 25.1 Å². The van der Waals surface area contributed by atoms with E-state index < -0.39 is 0 Å². The number of ether oxygens (including phenoxy) is 1. The van der Waals surface area contributed by atoms with Crippen molar-refractivity contribution in [1.82, 2.24) is 5.32 Å². The number of nitrogens with one attached hydrogen (secondary N) is 1. The molecule has 0 atom stereocenters. The Bertz CT molecular complexity index is 558. The van der Waals surface area contributed by atoms with Crippen LogP contribution in [0.1, 0.15) is 16.7 Å². The van der Waals surface area contributed by atoms with Crippen molar-refractivity contribution in [2.75, 3.05) is 13.7 Å². The SMILES string of the molecule is COc1cc(CNCCc2ccsc2)ccc1C#N. The van der Waals surface area contributed by atoms with E-state index in [0.29, 0.717) is 11.3 Å². The molecule has 2 rings (SSSR count). The minimum atomic E-state index is 0.574. The summed E-state index contributed by atoms with van der Waals surface area (Å²) in [6, 6.07) is 9.94. The molecule has 0 amide bonds. The van der Waals surface area contributed by atoms with Crippen molar-refractivity contribution in [3.63, 3.8) is 0 Å². The van der Waals surface area contributed by atoms with Gasteiger partial charge in [-0.3, -0.25) is 0 Å². The van der Waals surface area contributed by atoms with Crippen molar-refractivity contribution in [3.8, 4) is 11.8 Å². The Morgan fingerprint density at radius 1 is 1.32 bits per heavy atom. The van der Waals surface area contributed by atoms with Crippen LogP contribution in [-0.4, -0.2) is 13.7 Å². The first-order chi connectivity index (χ1) is 9.33. The molecule has 0 saturated heterocycles. The lowest BCUT2D eigenvalue weighted by Crippen LogP contribution is -2.16. The third-order valence-corrected chi connectivity index (χ3v) is 3.62. The maximum Gasteiger partial charge on any atom is 0.136 e. The summed E-state index contributed by atoms with van der Waals surface area (Å²) >= 11 is 1.73. The standard InChI is InChI=1S/C15H16N2OS/c1-18-15-8-13(2-3-14(15)9-16)10-17-6-4-12-5-7-19-11-12/h2-3,5,7-8,11,17H,4,6,10H2,1H3. The van der Waals surface area contributed by atoms with Crippen LogP contribution >= 0.6 is 11.3 Å². The molecule has 3 nitrogen and oxygen atoms in total. The Kier molecular flexibility index (Phi) is 4.96. The van der Waals surface area contributed by atoms with E-state index in [2.05, 4.69) is 28.2 Å². The van der Waals surface area contributed by atoms with Crippen LogP contribution in [0.3, 0.4) is 0 Å². The number of benzene rings is 1. The summed E-state index contributed by atoms with van der Waals surface area (Å²) in [5.74, 6) is 0.639. The van der Waals surface area contributed by atoms with Gasteiger partial charge in [0.15, 0.2) is 0 Å². The summed E-state index contributed by atoms with van der Waals surface area (Å²) in [7, 11) is 1.59. The normalized spacial score (nSPS) is 10.1. The Morgan fingerprint density at radius 2 is 2.21 bits per heavy atom. The molecule has 0 spiro atoms. The lowest BCUT2D eigenvalue weighted by molar-refractivity contribution is 0.412. The fourth-order valence-electron chi connectivity index (χ4n) is 1.84. The lowest BCUT2D eigenvalue weighted by atomic mass is 10.1. The zero-order valence-corrected chi connectivity index (χ0v) is 11.7. The van der Waals surface area contributed by atoms with Crippen LogP contribution in [0.2, 0.25) is 0 Å². The predicted molar refractivity (Wildman–Crippen MR) is 77.4 cm³/mol. The fourth-order valence-corrected chi connectivity index (χ4v) is 2.54. The number of hydrogen-bond acceptors (Lipinski definition) is 4. The first-order valence-electron chi connectivity index (χ1n) is 6.12. The topological polar surface area (TPSA) is 45.0 Å². The summed E-state index contributed by atoms with van der Waals surface area (Å²) in [6.45, 7) is 1.73. The zero-order valence-electron chi connectivity index (χ0n) is 10.8. The van der Waals surface area contributed by atoms with Crippen molar-refractivity contribution in [3.05, 3.63) is 51.7 Å². The summed E-state index contributed by atoms with van der Waals surface area (Å²) in [5, 5.41) is 16.6. The number of methoxy groups -OCH3 is 1. The minimum absolute atomic E-state index is 0.574. The molecule has 1 aromatic carbocycles. The summed E-state index contributed by atoms with van der Waals surface area (Å²) in [4.78, 5) is 0. The molecular weight excluding hydrogens is 256 g/mol. The van der Waals surface area contributed by atoms with Crippen molar-refractivity contribution >= 4 is 11.3 Å². The van der Waals surface area contributed by atoms with E-state index in [9.17, 15) is 0 Å². The van der Waals surface area contributed by atoms with Gasteiger partial charge >= 0.3 is 0 Å². The minimum Gasteiger partial charge on any atom is -0.495 e. The van der Waals surface area contributed by atoms with Gasteiger partial charge in [-0.2, -0.15) is 16.6 Å². The molecule has 1 heterocycles. The van der Waals surface area contributed by atoms with Crippen LogP contribution in [0.4, 0.5) is 0 Å². The van der Waals surface area contributed by atoms with Crippen molar-refractivity contribution < 1.29 is 4.74 Å². The van der Waals surface area contributed by atoms with Crippen LogP contribution < -0.4 is 10.1 Å². The molecule has 2 aromatic rings. The molecule has 19 heavy (non-hydrogen) atoms. The van der Waals surface area contributed by atoms with E-state index in [-0.39, 0.29) is 0 Å². The van der Waals surface area contributed by atoms with Crippen LogP contribution in [0.15, 0.2) is 35.0 Å². The van der Waals surface area contributed by atoms with Gasteiger partial charge in [-0.1, -0.05) is 6.07 Å². The van der Waals surface area contributed by atoms with E-state index in [1.165, 1.54) is 5.56 Å². The maximum absolute atomic E-state index is 8.92. The molecule has 0 saturated carbocycles. The monoisotopic (exact) mass is 272 g/mol. The molecule has 1 aromatic heterocycles. The Hall–Kier alpha value is -1.83. The molecule has 4 heteroatoms. The number of thiophene rings is 1. The molecule has 0 radical (unpaired) electrons. The van der Waals surface area contributed by atoms with E-state index >= 15 is 0 Å². The van der Waals surface area contributed by atoms with Gasteiger partial charge < -0.3 is 10.1 Å². The summed E-state index contributed by atoms with van der Waals surface area (Å²) < 4.78 is 5.19. The fraction of sp³-hybridized carbons (Fsp3) is 0.267. The first kappa shape index (κ1) is 13.6. The highest BCUT2D eigenvalue weighted by molar-refractivity contribution is 7.07. The average molecular weight is 272 g/mol. The molecule has 0 aliphatic rings. The van der Waals surface area contributed by atoms with Crippen molar-refractivity contribution in [1.29, 1.82) is 5.26 Å². The van der Waals surface area contributed by atoms with Crippen molar-refractivity contribution in [2.45, 2.75) is 13.0 Å². The molecule has 0 unspecified atom stereocenters. The van der Waals surface area contributed by atoms with E-state index in [1.807, 2.05) is 12.1 Å². The molecule has 0 aliphatic heterocycles. The predicted octanol–water partition coefficient (Wildman–Crippen LogP) is 2.96. The highest BCUT2D eigenvalue weighted by Crippen LogP contribution is 2.19. The second kappa shape index (κ2) is 6.93. The van der Waals surface area contributed by atoms with Gasteiger partial charge in [0.05, 0.1) is 12.7 Å². The highest BCUT2D eigenvalue weighted by atomic mass is 32.1. The number of rotatable bonds is 6. The van der Waals surface area contributed by atoms with Crippen molar-refractivity contribution in [2.24, 2.45) is 0 Å². The number of hydrogen-bond donors (Lipinski definition) is 1. The van der Waals surface area contributed by atoms with Crippen LogP contribution in [-0.2, 0) is 13.0 Å². The van der Waals surface area contributed by atoms with Gasteiger partial charge in [0.1, 0.15) is 11.8 Å². The van der Waals surface area contributed by atoms with Gasteiger partial charge in [-0.05, 0) is 53.1 Å². The highest BCUT2D eigenvalue weighted by Gasteiger charge is 2.03. The van der Waals surface area contributed by atoms with Gasteiger partial charge in [0.2, 0.25) is 0 Å². The smallest absolute Gasteiger partial charge is 0.136 e.